The van der Waals surface area contributed by atoms with E-state index < -0.39 is 10.0 Å². The van der Waals surface area contributed by atoms with Crippen molar-refractivity contribution in [3.63, 3.8) is 0 Å². The van der Waals surface area contributed by atoms with Crippen molar-refractivity contribution in [1.82, 2.24) is 0 Å². The minimum Gasteiger partial charge on any atom is -0.492 e. The average molecular weight is 460 g/mol. The van der Waals surface area contributed by atoms with Gasteiger partial charge in [0.15, 0.2) is 0 Å². The summed E-state index contributed by atoms with van der Waals surface area (Å²) in [6.07, 6.45) is 4.83. The predicted molar refractivity (Wildman–Crippen MR) is 135 cm³/mol. The summed E-state index contributed by atoms with van der Waals surface area (Å²) in [5.41, 5.74) is 2.70. The number of unbranched alkanes of at least 4 members (excludes halogenated alkanes) is 1. The molecule has 32 heavy (non-hydrogen) atoms. The van der Waals surface area contributed by atoms with E-state index in [1.807, 2.05) is 36.4 Å². The number of anilines is 1. The third kappa shape index (κ3) is 7.54. The summed E-state index contributed by atoms with van der Waals surface area (Å²) in [6.45, 7) is 15.7. The molecule has 0 aliphatic rings. The van der Waals surface area contributed by atoms with E-state index >= 15 is 0 Å². The topological polar surface area (TPSA) is 55.4 Å². The van der Waals surface area contributed by atoms with Gasteiger partial charge in [-0.25, -0.2) is 8.42 Å². The maximum atomic E-state index is 13.4. The van der Waals surface area contributed by atoms with Gasteiger partial charge in [-0.2, -0.15) is 0 Å². The molecule has 5 heteroatoms. The van der Waals surface area contributed by atoms with Gasteiger partial charge < -0.3 is 4.74 Å². The van der Waals surface area contributed by atoms with Crippen LogP contribution in [0.3, 0.4) is 0 Å². The summed E-state index contributed by atoms with van der Waals surface area (Å²) >= 11 is 0. The van der Waals surface area contributed by atoms with Crippen LogP contribution in [0.2, 0.25) is 0 Å². The molecule has 0 fully saturated rings. The molecular weight excluding hydrogens is 418 g/mol. The Morgan fingerprint density at radius 1 is 0.906 bits per heavy atom. The number of aryl methyl sites for hydroxylation is 1. The van der Waals surface area contributed by atoms with Crippen molar-refractivity contribution >= 4 is 15.7 Å². The molecule has 0 atom stereocenters. The minimum atomic E-state index is -3.81. The smallest absolute Gasteiger partial charge is 0.265 e. The minimum absolute atomic E-state index is 0.122. The first kappa shape index (κ1) is 26.2. The fourth-order valence-electron chi connectivity index (χ4n) is 4.25. The number of benzene rings is 2. The number of nitrogens with one attached hydrogen (secondary N) is 1. The molecule has 4 nitrogen and oxygen atoms in total. The lowest BCUT2D eigenvalue weighted by Gasteiger charge is -2.33. The summed E-state index contributed by atoms with van der Waals surface area (Å²) in [4.78, 5) is 0.200. The van der Waals surface area contributed by atoms with Gasteiger partial charge >= 0.3 is 0 Å². The number of sulfonamides is 1. The molecule has 0 bridgehead atoms. The molecule has 0 saturated carbocycles. The van der Waals surface area contributed by atoms with Gasteiger partial charge in [-0.15, -0.1) is 0 Å². The van der Waals surface area contributed by atoms with Crippen LogP contribution in [-0.2, 0) is 21.9 Å². The monoisotopic (exact) mass is 459 g/mol. The normalized spacial score (nSPS) is 12.6. The van der Waals surface area contributed by atoms with Crippen molar-refractivity contribution in [3.8, 4) is 5.75 Å². The van der Waals surface area contributed by atoms with Crippen molar-refractivity contribution in [2.45, 2.75) is 90.9 Å². The molecule has 1 N–H and O–H groups in total. The summed E-state index contributed by atoms with van der Waals surface area (Å²) in [7, 11) is -3.81. The SMILES string of the molecule is CCCCOc1ccc(C(C)(C)CC(C)(C)C)cc1S(=O)(=O)Nc1ccc(CCC)cc1. The predicted octanol–water partition coefficient (Wildman–Crippen LogP) is 7.33. The Bertz CT molecular complexity index is 971. The quantitative estimate of drug-likeness (QED) is 0.358. The largest absolute Gasteiger partial charge is 0.492 e. The lowest BCUT2D eigenvalue weighted by atomic mass is 9.72. The Labute approximate surface area is 195 Å². The summed E-state index contributed by atoms with van der Waals surface area (Å²) in [5.74, 6) is 0.406. The highest BCUT2D eigenvalue weighted by Gasteiger charge is 2.30. The fourth-order valence-corrected chi connectivity index (χ4v) is 5.48. The van der Waals surface area contributed by atoms with Crippen molar-refractivity contribution in [2.75, 3.05) is 11.3 Å². The molecule has 0 aliphatic heterocycles. The first-order valence-electron chi connectivity index (χ1n) is 11.8. The van der Waals surface area contributed by atoms with Crippen LogP contribution in [0.4, 0.5) is 5.69 Å². The van der Waals surface area contributed by atoms with E-state index in [1.54, 1.807) is 6.07 Å². The van der Waals surface area contributed by atoms with Crippen LogP contribution in [0.25, 0.3) is 0 Å². The van der Waals surface area contributed by atoms with E-state index in [4.69, 9.17) is 4.74 Å². The first-order valence-corrected chi connectivity index (χ1v) is 13.3. The van der Waals surface area contributed by atoms with E-state index in [0.29, 0.717) is 18.0 Å². The third-order valence-corrected chi connectivity index (χ3v) is 6.89. The van der Waals surface area contributed by atoms with Crippen molar-refractivity contribution in [2.24, 2.45) is 5.41 Å². The zero-order valence-corrected chi connectivity index (χ0v) is 21.7. The second kappa shape index (κ2) is 10.7. The van der Waals surface area contributed by atoms with Gasteiger partial charge in [-0.05, 0) is 65.5 Å². The molecule has 0 aliphatic carbocycles. The van der Waals surface area contributed by atoms with E-state index in [1.165, 1.54) is 5.56 Å². The zero-order chi connectivity index (χ0) is 24.0. The lowest BCUT2D eigenvalue weighted by Crippen LogP contribution is -2.25. The zero-order valence-electron chi connectivity index (χ0n) is 20.9. The van der Waals surface area contributed by atoms with Crippen molar-refractivity contribution < 1.29 is 13.2 Å². The van der Waals surface area contributed by atoms with E-state index in [2.05, 4.69) is 53.2 Å². The molecule has 0 saturated heterocycles. The lowest BCUT2D eigenvalue weighted by molar-refractivity contribution is 0.282. The molecule has 2 rings (SSSR count). The molecule has 0 radical (unpaired) electrons. The molecule has 2 aromatic rings. The number of rotatable bonds is 11. The third-order valence-electron chi connectivity index (χ3n) is 5.49. The van der Waals surface area contributed by atoms with Gasteiger partial charge in [-0.3, -0.25) is 4.72 Å². The summed E-state index contributed by atoms with van der Waals surface area (Å²) < 4.78 is 35.5. The highest BCUT2D eigenvalue weighted by molar-refractivity contribution is 7.92. The summed E-state index contributed by atoms with van der Waals surface area (Å²) in [6, 6.07) is 13.2. The Morgan fingerprint density at radius 2 is 1.56 bits per heavy atom. The van der Waals surface area contributed by atoms with E-state index in [9.17, 15) is 8.42 Å². The number of hydrogen-bond donors (Lipinski definition) is 1. The van der Waals surface area contributed by atoms with Crippen molar-refractivity contribution in [3.05, 3.63) is 53.6 Å². The van der Waals surface area contributed by atoms with E-state index in [0.717, 1.165) is 37.7 Å². The Hall–Kier alpha value is -2.01. The Kier molecular flexibility index (Phi) is 8.81. The van der Waals surface area contributed by atoms with Gasteiger partial charge in [0.1, 0.15) is 10.6 Å². The number of ether oxygens (including phenoxy) is 1. The summed E-state index contributed by atoms with van der Waals surface area (Å²) in [5, 5.41) is 0. The van der Waals surface area contributed by atoms with Crippen LogP contribution in [0.1, 0.15) is 85.3 Å². The Morgan fingerprint density at radius 3 is 2.12 bits per heavy atom. The molecule has 0 amide bonds. The average Bonchev–Trinajstić information content (AvgIpc) is 2.68. The second-order valence-electron chi connectivity index (χ2n) is 10.5. The standard InChI is InChI=1S/C27H41NO3S/c1-8-10-18-31-24-17-14-22(27(6,7)20-26(3,4)5)19-25(24)32(29,30)28-23-15-12-21(11-9-2)13-16-23/h12-17,19,28H,8-11,18,20H2,1-7H3. The van der Waals surface area contributed by atoms with Crippen LogP contribution < -0.4 is 9.46 Å². The van der Waals surface area contributed by atoms with E-state index in [-0.39, 0.29) is 15.7 Å². The van der Waals surface area contributed by atoms with Gasteiger partial charge in [0, 0.05) is 5.69 Å². The van der Waals surface area contributed by atoms with Gasteiger partial charge in [-0.1, -0.05) is 79.5 Å². The van der Waals surface area contributed by atoms with Gasteiger partial charge in [0.25, 0.3) is 10.0 Å². The van der Waals surface area contributed by atoms with Crippen LogP contribution in [0, 0.1) is 5.41 Å². The van der Waals surface area contributed by atoms with Crippen LogP contribution >= 0.6 is 0 Å². The molecule has 2 aromatic carbocycles. The second-order valence-corrected chi connectivity index (χ2v) is 12.2. The maximum Gasteiger partial charge on any atom is 0.265 e. The molecule has 0 spiro atoms. The number of hydrogen-bond acceptors (Lipinski definition) is 3. The van der Waals surface area contributed by atoms with Crippen LogP contribution in [-0.4, -0.2) is 15.0 Å². The van der Waals surface area contributed by atoms with Crippen LogP contribution in [0.15, 0.2) is 47.4 Å². The maximum absolute atomic E-state index is 13.4. The fraction of sp³-hybridized carbons (Fsp3) is 0.556. The molecule has 0 aromatic heterocycles. The van der Waals surface area contributed by atoms with Gasteiger partial charge in [0.2, 0.25) is 0 Å². The molecule has 178 valence electrons. The van der Waals surface area contributed by atoms with Gasteiger partial charge in [0.05, 0.1) is 6.61 Å². The highest BCUT2D eigenvalue weighted by atomic mass is 32.2. The Balaban J connectivity index is 2.43. The molecule has 0 unspecified atom stereocenters. The van der Waals surface area contributed by atoms with Crippen LogP contribution in [0.5, 0.6) is 5.75 Å². The van der Waals surface area contributed by atoms with Crippen molar-refractivity contribution in [1.29, 1.82) is 0 Å². The highest BCUT2D eigenvalue weighted by Crippen LogP contribution is 2.39. The molecular formula is C27H41NO3S. The molecule has 0 heterocycles. The first-order chi connectivity index (χ1) is 14.9.